The van der Waals surface area contributed by atoms with Crippen LogP contribution in [0.1, 0.15) is 6.92 Å². The van der Waals surface area contributed by atoms with Gasteiger partial charge in [-0.1, -0.05) is 0 Å². The lowest BCUT2D eigenvalue weighted by Crippen LogP contribution is -2.10. The minimum absolute atomic E-state index is 0.185. The van der Waals surface area contributed by atoms with E-state index in [1.807, 2.05) is 6.92 Å². The van der Waals surface area contributed by atoms with Crippen LogP contribution in [-0.2, 0) is 13.7 Å². The maximum atomic E-state index is 8.79. The van der Waals surface area contributed by atoms with Crippen LogP contribution in [0.2, 0.25) is 0 Å². The molecule has 0 heterocycles. The molecule has 2 N–H and O–H groups in total. The smallest absolute Gasteiger partial charge is 0.0874 e. The molecule has 0 aromatic heterocycles. The van der Waals surface area contributed by atoms with Crippen molar-refractivity contribution in [2.75, 3.05) is 39.3 Å². The third kappa shape index (κ3) is 12.1. The highest BCUT2D eigenvalue weighted by Gasteiger charge is 2.07. The minimum atomic E-state index is -2.83. The van der Waals surface area contributed by atoms with Crippen LogP contribution in [0.25, 0.3) is 0 Å². The number of rotatable bonds is 8. The van der Waals surface area contributed by atoms with E-state index < -0.39 is 10.9 Å². The van der Waals surface area contributed by atoms with E-state index in [-0.39, 0.29) is 6.61 Å². The number of hydrogen-bond donors (Lipinski definition) is 2. The van der Waals surface area contributed by atoms with Crippen molar-refractivity contribution in [2.45, 2.75) is 6.92 Å². The zero-order valence-corrected chi connectivity index (χ0v) is 8.88. The molecule has 0 bridgehead atoms. The van der Waals surface area contributed by atoms with E-state index in [9.17, 15) is 0 Å². The van der Waals surface area contributed by atoms with Crippen LogP contribution >= 0.6 is 10.9 Å². The number of hydrogen-bond acceptors (Lipinski definition) is 5. The molecule has 0 fully saturated rings. The predicted molar refractivity (Wildman–Crippen MR) is 52.0 cm³/mol. The van der Waals surface area contributed by atoms with Gasteiger partial charge in [0.2, 0.25) is 0 Å². The predicted octanol–water partition coefficient (Wildman–Crippen LogP) is 1.35. The van der Waals surface area contributed by atoms with E-state index in [1.54, 1.807) is 0 Å². The van der Waals surface area contributed by atoms with Gasteiger partial charge in [-0.15, -0.1) is 0 Å². The Labute approximate surface area is 80.5 Å². The standard InChI is InChI=1S/C7H18O5S/c1-3-10-4-5-11-6-7-12-13(2,8)9/h8-9H,3-7H2,1-2H3. The Morgan fingerprint density at radius 1 is 1.00 bits per heavy atom. The average Bonchev–Trinajstić information content (AvgIpc) is 2.01. The van der Waals surface area contributed by atoms with Gasteiger partial charge < -0.3 is 18.6 Å². The fourth-order valence-electron chi connectivity index (χ4n) is 0.615. The zero-order valence-electron chi connectivity index (χ0n) is 8.06. The molecule has 0 saturated heterocycles. The van der Waals surface area contributed by atoms with Crippen molar-refractivity contribution in [3.8, 4) is 0 Å². The highest BCUT2D eigenvalue weighted by Crippen LogP contribution is 2.33. The normalized spacial score (nSPS) is 13.2. The Balaban J connectivity index is 3.00. The highest BCUT2D eigenvalue weighted by atomic mass is 32.3. The largest absolute Gasteiger partial charge is 0.379 e. The minimum Gasteiger partial charge on any atom is -0.379 e. The molecule has 0 aliphatic carbocycles. The second kappa shape index (κ2) is 7.54. The Morgan fingerprint density at radius 2 is 1.54 bits per heavy atom. The molecule has 0 spiro atoms. The lowest BCUT2D eigenvalue weighted by atomic mass is 10.7. The van der Waals surface area contributed by atoms with E-state index in [2.05, 4.69) is 4.18 Å². The third-order valence-electron chi connectivity index (χ3n) is 1.11. The Bertz CT molecular complexity index is 114. The van der Waals surface area contributed by atoms with E-state index >= 15 is 0 Å². The molecule has 0 rings (SSSR count). The SMILES string of the molecule is CCOCCOCCOS(C)(O)O. The second-order valence-electron chi connectivity index (χ2n) is 2.39. The van der Waals surface area contributed by atoms with Gasteiger partial charge in [-0.3, -0.25) is 4.18 Å². The van der Waals surface area contributed by atoms with Crippen LogP contribution in [0.5, 0.6) is 0 Å². The quantitative estimate of drug-likeness (QED) is 0.597. The fraction of sp³-hybridized carbons (Fsp3) is 1.00. The third-order valence-corrected chi connectivity index (χ3v) is 1.72. The Hall–Kier alpha value is 0.150. The molecule has 0 radical (unpaired) electrons. The monoisotopic (exact) mass is 214 g/mol. The van der Waals surface area contributed by atoms with Crippen LogP contribution in [0, 0.1) is 0 Å². The van der Waals surface area contributed by atoms with Crippen molar-refractivity contribution in [1.29, 1.82) is 0 Å². The van der Waals surface area contributed by atoms with E-state index in [0.29, 0.717) is 26.4 Å². The molecule has 6 heteroatoms. The van der Waals surface area contributed by atoms with Gasteiger partial charge in [0, 0.05) is 12.9 Å². The summed E-state index contributed by atoms with van der Waals surface area (Å²) in [6.45, 7) is 4.17. The summed E-state index contributed by atoms with van der Waals surface area (Å²) in [4.78, 5) is 0. The molecule has 0 aromatic rings. The van der Waals surface area contributed by atoms with Crippen molar-refractivity contribution in [3.63, 3.8) is 0 Å². The first-order valence-electron chi connectivity index (χ1n) is 4.09. The average molecular weight is 214 g/mol. The first-order valence-corrected chi connectivity index (χ1v) is 5.97. The van der Waals surface area contributed by atoms with Crippen molar-refractivity contribution >= 4 is 10.9 Å². The van der Waals surface area contributed by atoms with Gasteiger partial charge in [0.1, 0.15) is 0 Å². The lowest BCUT2D eigenvalue weighted by molar-refractivity contribution is 0.0397. The van der Waals surface area contributed by atoms with Crippen LogP contribution in [-0.4, -0.2) is 48.4 Å². The summed E-state index contributed by atoms with van der Waals surface area (Å²) >= 11 is 0. The first-order chi connectivity index (χ1) is 6.06. The van der Waals surface area contributed by atoms with E-state index in [0.717, 1.165) is 0 Å². The van der Waals surface area contributed by atoms with Gasteiger partial charge in [0.15, 0.2) is 0 Å². The zero-order chi connectivity index (χ0) is 10.2. The molecular weight excluding hydrogens is 196 g/mol. The van der Waals surface area contributed by atoms with Gasteiger partial charge in [-0.25, -0.2) is 0 Å². The molecule has 13 heavy (non-hydrogen) atoms. The van der Waals surface area contributed by atoms with Crippen molar-refractivity contribution in [3.05, 3.63) is 0 Å². The second-order valence-corrected chi connectivity index (χ2v) is 4.15. The van der Waals surface area contributed by atoms with Gasteiger partial charge in [-0.2, -0.15) is 0 Å². The molecule has 82 valence electrons. The maximum Gasteiger partial charge on any atom is 0.0874 e. The maximum absolute atomic E-state index is 8.79. The summed E-state index contributed by atoms with van der Waals surface area (Å²) in [7, 11) is -2.83. The molecule has 0 unspecified atom stereocenters. The van der Waals surface area contributed by atoms with Crippen LogP contribution < -0.4 is 0 Å². The van der Waals surface area contributed by atoms with Crippen molar-refractivity contribution in [2.24, 2.45) is 0 Å². The van der Waals surface area contributed by atoms with Gasteiger partial charge in [-0.05, 0) is 6.92 Å². The van der Waals surface area contributed by atoms with Crippen LogP contribution in [0.3, 0.4) is 0 Å². The van der Waals surface area contributed by atoms with Gasteiger partial charge in [0.05, 0.1) is 37.3 Å². The molecule has 0 aliphatic heterocycles. The highest BCUT2D eigenvalue weighted by molar-refractivity contribution is 8.19. The number of ether oxygens (including phenoxy) is 2. The Morgan fingerprint density at radius 3 is 2.08 bits per heavy atom. The molecule has 0 amide bonds. The summed E-state index contributed by atoms with van der Waals surface area (Å²) in [5.41, 5.74) is 0. The molecule has 5 nitrogen and oxygen atoms in total. The fourth-order valence-corrected chi connectivity index (χ4v) is 0.999. The van der Waals surface area contributed by atoms with E-state index in [4.69, 9.17) is 18.6 Å². The van der Waals surface area contributed by atoms with Crippen molar-refractivity contribution < 1.29 is 22.8 Å². The first kappa shape index (κ1) is 13.2. The van der Waals surface area contributed by atoms with Crippen LogP contribution in [0.4, 0.5) is 0 Å². The van der Waals surface area contributed by atoms with Crippen LogP contribution in [0.15, 0.2) is 0 Å². The molecular formula is C7H18O5S. The topological polar surface area (TPSA) is 68.2 Å². The Kier molecular flexibility index (Phi) is 7.63. The molecule has 0 atom stereocenters. The molecule has 0 aromatic carbocycles. The molecule has 0 saturated carbocycles. The molecule has 0 aliphatic rings. The summed E-state index contributed by atoms with van der Waals surface area (Å²) in [6.07, 6.45) is 1.23. The van der Waals surface area contributed by atoms with Gasteiger partial charge >= 0.3 is 0 Å². The summed E-state index contributed by atoms with van der Waals surface area (Å²) in [5.74, 6) is 0. The summed E-state index contributed by atoms with van der Waals surface area (Å²) in [5, 5.41) is 0. The summed E-state index contributed by atoms with van der Waals surface area (Å²) in [6, 6.07) is 0. The van der Waals surface area contributed by atoms with Gasteiger partial charge in [0.25, 0.3) is 0 Å². The van der Waals surface area contributed by atoms with Crippen molar-refractivity contribution in [1.82, 2.24) is 0 Å². The van der Waals surface area contributed by atoms with E-state index in [1.165, 1.54) is 6.26 Å². The lowest BCUT2D eigenvalue weighted by Gasteiger charge is -2.20. The summed E-state index contributed by atoms with van der Waals surface area (Å²) < 4.78 is 32.3.